The fraction of sp³-hybridized carbons (Fsp3) is 0.130. The van der Waals surface area contributed by atoms with E-state index in [2.05, 4.69) is 10.0 Å². The Morgan fingerprint density at radius 2 is 1.62 bits per heavy atom. The molecule has 0 aromatic heterocycles. The maximum absolute atomic E-state index is 12.6. The normalized spacial score (nSPS) is 11.0. The van der Waals surface area contributed by atoms with Gasteiger partial charge in [-0.15, -0.1) is 0 Å². The molecule has 0 saturated heterocycles. The van der Waals surface area contributed by atoms with Crippen LogP contribution in [0.15, 0.2) is 71.6 Å². The molecule has 0 aliphatic carbocycles. The quantitative estimate of drug-likeness (QED) is 0.491. The number of benzene rings is 3. The van der Waals surface area contributed by atoms with Gasteiger partial charge in [-0.1, -0.05) is 35.9 Å². The number of esters is 1. The van der Waals surface area contributed by atoms with Crippen molar-refractivity contribution in [1.29, 1.82) is 0 Å². The third-order valence-electron chi connectivity index (χ3n) is 4.58. The number of sulfonamides is 1. The van der Waals surface area contributed by atoms with Gasteiger partial charge < -0.3 is 10.1 Å². The number of carbonyl (C=O) groups is 2. The number of anilines is 2. The average Bonchev–Trinajstić information content (AvgIpc) is 2.76. The predicted molar refractivity (Wildman–Crippen MR) is 124 cm³/mol. The topological polar surface area (TPSA) is 102 Å². The Bertz CT molecular complexity index is 1260. The number of hydrogen-bond donors (Lipinski definition) is 2. The number of rotatable bonds is 7. The number of halogens is 1. The molecule has 166 valence electrons. The minimum absolute atomic E-state index is 0.00806. The zero-order valence-corrected chi connectivity index (χ0v) is 19.0. The van der Waals surface area contributed by atoms with Crippen molar-refractivity contribution in [2.45, 2.75) is 18.7 Å². The Labute approximate surface area is 191 Å². The molecular formula is C23H21ClN2O5S. The largest absolute Gasteiger partial charge is 0.452 e. The van der Waals surface area contributed by atoms with Crippen molar-refractivity contribution in [3.05, 3.63) is 88.4 Å². The van der Waals surface area contributed by atoms with E-state index in [0.29, 0.717) is 16.4 Å². The molecule has 2 N–H and O–H groups in total. The number of aryl methyl sites for hydroxylation is 2. The van der Waals surface area contributed by atoms with Gasteiger partial charge in [-0.25, -0.2) is 13.2 Å². The zero-order chi connectivity index (χ0) is 23.3. The second-order valence-corrected chi connectivity index (χ2v) is 9.12. The van der Waals surface area contributed by atoms with E-state index in [4.69, 9.17) is 16.3 Å². The lowest BCUT2D eigenvalue weighted by molar-refractivity contribution is -0.119. The molecule has 3 aromatic rings. The van der Waals surface area contributed by atoms with Crippen molar-refractivity contribution < 1.29 is 22.7 Å². The first kappa shape index (κ1) is 23.3. The summed E-state index contributed by atoms with van der Waals surface area (Å²) in [6.45, 7) is 3.13. The lowest BCUT2D eigenvalue weighted by Crippen LogP contribution is -2.21. The van der Waals surface area contributed by atoms with Gasteiger partial charge in [-0.05, 0) is 67.4 Å². The molecule has 0 radical (unpaired) electrons. The summed E-state index contributed by atoms with van der Waals surface area (Å²) in [6.07, 6.45) is 0. The Hall–Kier alpha value is -3.36. The maximum Gasteiger partial charge on any atom is 0.338 e. The van der Waals surface area contributed by atoms with Crippen LogP contribution in [0.3, 0.4) is 0 Å². The predicted octanol–water partition coefficient (Wildman–Crippen LogP) is 4.55. The lowest BCUT2D eigenvalue weighted by atomic mass is 10.2. The van der Waals surface area contributed by atoms with Crippen LogP contribution in [-0.4, -0.2) is 26.9 Å². The first-order chi connectivity index (χ1) is 15.2. The minimum atomic E-state index is -3.82. The lowest BCUT2D eigenvalue weighted by Gasteiger charge is -2.11. The van der Waals surface area contributed by atoms with Crippen molar-refractivity contribution in [2.24, 2.45) is 0 Å². The van der Waals surface area contributed by atoms with E-state index in [1.807, 2.05) is 13.0 Å². The highest BCUT2D eigenvalue weighted by Gasteiger charge is 2.17. The third kappa shape index (κ3) is 5.87. The van der Waals surface area contributed by atoms with Crippen LogP contribution in [0.1, 0.15) is 21.5 Å². The number of carbonyl (C=O) groups excluding carboxylic acids is 2. The summed E-state index contributed by atoms with van der Waals surface area (Å²) < 4.78 is 32.7. The van der Waals surface area contributed by atoms with Gasteiger partial charge >= 0.3 is 5.97 Å². The van der Waals surface area contributed by atoms with E-state index in [-0.39, 0.29) is 10.5 Å². The van der Waals surface area contributed by atoms with Crippen molar-refractivity contribution in [2.75, 3.05) is 16.6 Å². The molecule has 3 rings (SSSR count). The summed E-state index contributed by atoms with van der Waals surface area (Å²) in [6, 6.07) is 17.3. The van der Waals surface area contributed by atoms with Crippen molar-refractivity contribution in [3.8, 4) is 0 Å². The molecule has 0 heterocycles. The summed E-state index contributed by atoms with van der Waals surface area (Å²) in [5, 5.41) is 3.09. The van der Waals surface area contributed by atoms with Crippen molar-refractivity contribution >= 4 is 44.9 Å². The first-order valence-corrected chi connectivity index (χ1v) is 11.4. The molecule has 0 atom stereocenters. The highest BCUT2D eigenvalue weighted by molar-refractivity contribution is 7.92. The molecule has 0 fully saturated rings. The SMILES string of the molecule is Cc1ccc(NC(=O)COC(=O)c2ccc(S(=O)(=O)Nc3ccccc3C)cc2)cc1Cl. The molecule has 3 aromatic carbocycles. The maximum atomic E-state index is 12.6. The number of hydrogen-bond acceptors (Lipinski definition) is 5. The summed E-state index contributed by atoms with van der Waals surface area (Å²) in [5.41, 5.74) is 2.72. The fourth-order valence-electron chi connectivity index (χ4n) is 2.74. The Balaban J connectivity index is 1.59. The second-order valence-electron chi connectivity index (χ2n) is 7.03. The van der Waals surface area contributed by atoms with Crippen LogP contribution in [0.25, 0.3) is 0 Å². The van der Waals surface area contributed by atoms with Crippen molar-refractivity contribution in [3.63, 3.8) is 0 Å². The monoisotopic (exact) mass is 472 g/mol. The molecule has 0 bridgehead atoms. The van der Waals surface area contributed by atoms with E-state index in [1.165, 1.54) is 24.3 Å². The minimum Gasteiger partial charge on any atom is -0.452 e. The van der Waals surface area contributed by atoms with Gasteiger partial charge in [0.25, 0.3) is 15.9 Å². The molecule has 9 heteroatoms. The van der Waals surface area contributed by atoms with Crippen molar-refractivity contribution in [1.82, 2.24) is 0 Å². The molecule has 7 nitrogen and oxygen atoms in total. The summed E-state index contributed by atoms with van der Waals surface area (Å²) in [5.74, 6) is -1.28. The summed E-state index contributed by atoms with van der Waals surface area (Å²) >= 11 is 6.02. The number of ether oxygens (including phenoxy) is 1. The third-order valence-corrected chi connectivity index (χ3v) is 6.37. The molecule has 0 aliphatic heterocycles. The standard InChI is InChI=1S/C23H21ClN2O5S/c1-15-7-10-18(13-20(15)24)25-22(27)14-31-23(28)17-8-11-19(12-9-17)32(29,30)26-21-6-4-3-5-16(21)2/h3-13,26H,14H2,1-2H3,(H,25,27). The summed E-state index contributed by atoms with van der Waals surface area (Å²) in [7, 11) is -3.82. The van der Waals surface area contributed by atoms with Gasteiger partial charge in [0.1, 0.15) is 0 Å². The van der Waals surface area contributed by atoms with Gasteiger partial charge in [-0.2, -0.15) is 0 Å². The van der Waals surface area contributed by atoms with Crippen LogP contribution in [0.2, 0.25) is 5.02 Å². The van der Waals surface area contributed by atoms with Crippen LogP contribution in [-0.2, 0) is 19.6 Å². The highest BCUT2D eigenvalue weighted by Crippen LogP contribution is 2.21. The second kappa shape index (κ2) is 9.84. The van der Waals surface area contributed by atoms with Gasteiger partial charge in [-0.3, -0.25) is 9.52 Å². The van der Waals surface area contributed by atoms with E-state index in [1.54, 1.807) is 43.3 Å². The molecule has 0 saturated carbocycles. The number of amides is 1. The van der Waals surface area contributed by atoms with E-state index < -0.39 is 28.5 Å². The van der Waals surface area contributed by atoms with Crippen LogP contribution in [0.5, 0.6) is 0 Å². The smallest absolute Gasteiger partial charge is 0.338 e. The fourth-order valence-corrected chi connectivity index (χ4v) is 4.05. The molecule has 32 heavy (non-hydrogen) atoms. The number of para-hydroxylation sites is 1. The molecule has 0 spiro atoms. The van der Waals surface area contributed by atoms with Gasteiger partial charge in [0.2, 0.25) is 0 Å². The molecular weight excluding hydrogens is 452 g/mol. The van der Waals surface area contributed by atoms with E-state index >= 15 is 0 Å². The molecule has 0 unspecified atom stereocenters. The van der Waals surface area contributed by atoms with E-state index in [0.717, 1.165) is 11.1 Å². The van der Waals surface area contributed by atoms with Gasteiger partial charge in [0.15, 0.2) is 6.61 Å². The first-order valence-electron chi connectivity index (χ1n) is 9.57. The zero-order valence-electron chi connectivity index (χ0n) is 17.4. The van der Waals surface area contributed by atoms with Gasteiger partial charge in [0.05, 0.1) is 16.1 Å². The summed E-state index contributed by atoms with van der Waals surface area (Å²) in [4.78, 5) is 24.2. The van der Waals surface area contributed by atoms with Crippen LogP contribution >= 0.6 is 11.6 Å². The van der Waals surface area contributed by atoms with E-state index in [9.17, 15) is 18.0 Å². The molecule has 1 amide bonds. The molecule has 0 aliphatic rings. The number of nitrogens with one attached hydrogen (secondary N) is 2. The van der Waals surface area contributed by atoms with Gasteiger partial charge in [0, 0.05) is 10.7 Å². The average molecular weight is 473 g/mol. The Kier molecular flexibility index (Phi) is 7.17. The Morgan fingerprint density at radius 3 is 2.28 bits per heavy atom. The van der Waals surface area contributed by atoms with Crippen LogP contribution in [0, 0.1) is 13.8 Å². The van der Waals surface area contributed by atoms with Crippen LogP contribution in [0.4, 0.5) is 11.4 Å². The van der Waals surface area contributed by atoms with Crippen LogP contribution < -0.4 is 10.0 Å². The highest BCUT2D eigenvalue weighted by atomic mass is 35.5. The Morgan fingerprint density at radius 1 is 0.938 bits per heavy atom.